The van der Waals surface area contributed by atoms with E-state index < -0.39 is 5.97 Å². The minimum Gasteiger partial charge on any atom is -0.481 e. The number of hydrogen-bond acceptors (Lipinski definition) is 6. The summed E-state index contributed by atoms with van der Waals surface area (Å²) in [5.74, 6) is -0.894. The third kappa shape index (κ3) is 36.5. The Morgan fingerprint density at radius 2 is 0.837 bits per heavy atom. The van der Waals surface area contributed by atoms with Gasteiger partial charge in [-0.1, -0.05) is 135 Å². The van der Waals surface area contributed by atoms with E-state index in [-0.39, 0.29) is 11.9 Å². The predicted octanol–water partition coefficient (Wildman–Crippen LogP) is 9.64. The lowest BCUT2D eigenvalue weighted by atomic mass is 10.0. The summed E-state index contributed by atoms with van der Waals surface area (Å²) in [6.07, 6.45) is 31.5. The molecule has 0 heterocycles. The van der Waals surface area contributed by atoms with E-state index in [9.17, 15) is 14.4 Å². The number of likely N-dealkylation sites (N-methyl/N-ethyl adjacent to an activating group) is 1. The van der Waals surface area contributed by atoms with Crippen molar-refractivity contribution in [1.82, 2.24) is 4.90 Å². The van der Waals surface area contributed by atoms with Gasteiger partial charge in [-0.25, -0.2) is 0 Å². The maximum atomic E-state index is 11.9. The predicted molar refractivity (Wildman–Crippen MR) is 177 cm³/mol. The second-order valence-electron chi connectivity index (χ2n) is 12.6. The summed E-state index contributed by atoms with van der Waals surface area (Å²) in [6.45, 7) is 4.38. The van der Waals surface area contributed by atoms with Crippen molar-refractivity contribution in [3.8, 4) is 0 Å². The molecule has 0 aliphatic rings. The Balaban J connectivity index is 3.21. The van der Waals surface area contributed by atoms with Crippen LogP contribution in [0.15, 0.2) is 0 Å². The van der Waals surface area contributed by atoms with Crippen LogP contribution < -0.4 is 0 Å². The first-order valence-electron chi connectivity index (χ1n) is 18.1. The lowest BCUT2D eigenvalue weighted by molar-refractivity contribution is -0.144. The first-order chi connectivity index (χ1) is 20.9. The maximum absolute atomic E-state index is 11.9. The first-order valence-corrected chi connectivity index (χ1v) is 18.1. The summed E-state index contributed by atoms with van der Waals surface area (Å²) in [5, 5.41) is 8.63. The summed E-state index contributed by atoms with van der Waals surface area (Å²) >= 11 is 0. The number of carbonyl (C=O) groups excluding carboxylic acids is 2. The van der Waals surface area contributed by atoms with Gasteiger partial charge < -0.3 is 19.5 Å². The molecule has 0 atom stereocenters. The minimum absolute atomic E-state index is 0.0183. The Labute approximate surface area is 265 Å². The normalized spacial score (nSPS) is 11.2. The highest BCUT2D eigenvalue weighted by atomic mass is 16.5. The van der Waals surface area contributed by atoms with Crippen LogP contribution in [0.5, 0.6) is 0 Å². The van der Waals surface area contributed by atoms with Gasteiger partial charge in [0.05, 0.1) is 6.61 Å². The van der Waals surface area contributed by atoms with Crippen LogP contribution in [-0.4, -0.2) is 61.3 Å². The molecule has 43 heavy (non-hydrogen) atoms. The van der Waals surface area contributed by atoms with E-state index in [2.05, 4.69) is 11.9 Å². The van der Waals surface area contributed by atoms with Gasteiger partial charge in [0.15, 0.2) is 0 Å². The molecule has 0 fully saturated rings. The van der Waals surface area contributed by atoms with Gasteiger partial charge in [0, 0.05) is 26.3 Å². The second kappa shape index (κ2) is 33.3. The molecule has 0 aromatic carbocycles. The fraction of sp³-hybridized carbons (Fsp3) is 0.917. The van der Waals surface area contributed by atoms with E-state index in [1.54, 1.807) is 0 Å². The Kier molecular flexibility index (Phi) is 32.0. The zero-order valence-electron chi connectivity index (χ0n) is 28.4. The smallest absolute Gasteiger partial charge is 0.305 e. The Morgan fingerprint density at radius 3 is 1.26 bits per heavy atom. The summed E-state index contributed by atoms with van der Waals surface area (Å²) in [6, 6.07) is 0. The van der Waals surface area contributed by atoms with Gasteiger partial charge in [-0.15, -0.1) is 0 Å². The number of rotatable bonds is 34. The summed E-state index contributed by atoms with van der Waals surface area (Å²) in [5.41, 5.74) is 0. The van der Waals surface area contributed by atoms with E-state index in [4.69, 9.17) is 14.6 Å². The molecule has 0 spiro atoms. The van der Waals surface area contributed by atoms with Crippen molar-refractivity contribution in [1.29, 1.82) is 0 Å². The standard InChI is InChI=1S/C36H69NO6/c1-34(38)42-33-31-37(2)30-26-22-18-14-11-15-19-23-27-32-43-36(41)29-25-21-17-13-10-8-6-4-3-5-7-9-12-16-20-24-28-35(39)40/h3-33H2,1-2H3,(H,39,40). The molecule has 1 N–H and O–H groups in total. The third-order valence-corrected chi connectivity index (χ3v) is 8.25. The molecule has 0 radical (unpaired) electrons. The van der Waals surface area contributed by atoms with Crippen LogP contribution in [0.3, 0.4) is 0 Å². The highest BCUT2D eigenvalue weighted by Crippen LogP contribution is 2.15. The highest BCUT2D eigenvalue weighted by molar-refractivity contribution is 5.69. The number of unbranched alkanes of at least 4 members (excludes halogenated alkanes) is 23. The number of aliphatic carboxylic acids is 1. The molecule has 0 rings (SSSR count). The van der Waals surface area contributed by atoms with E-state index in [0.29, 0.717) is 26.1 Å². The summed E-state index contributed by atoms with van der Waals surface area (Å²) in [7, 11) is 2.08. The van der Waals surface area contributed by atoms with Gasteiger partial charge in [-0.3, -0.25) is 14.4 Å². The molecular weight excluding hydrogens is 542 g/mol. The van der Waals surface area contributed by atoms with Gasteiger partial charge in [-0.05, 0) is 39.3 Å². The number of esters is 2. The average Bonchev–Trinajstić information content (AvgIpc) is 2.96. The molecule has 0 aliphatic heterocycles. The number of hydrogen-bond donors (Lipinski definition) is 1. The molecule has 0 bridgehead atoms. The molecule has 254 valence electrons. The van der Waals surface area contributed by atoms with E-state index in [0.717, 1.165) is 51.6 Å². The van der Waals surface area contributed by atoms with Crippen molar-refractivity contribution in [3.63, 3.8) is 0 Å². The Morgan fingerprint density at radius 1 is 0.465 bits per heavy atom. The van der Waals surface area contributed by atoms with Gasteiger partial charge >= 0.3 is 17.9 Å². The van der Waals surface area contributed by atoms with Gasteiger partial charge in [0.2, 0.25) is 0 Å². The van der Waals surface area contributed by atoms with Crippen LogP contribution in [0.4, 0.5) is 0 Å². The van der Waals surface area contributed by atoms with Crippen molar-refractivity contribution in [2.75, 3.05) is 33.4 Å². The largest absolute Gasteiger partial charge is 0.481 e. The maximum Gasteiger partial charge on any atom is 0.305 e. The average molecular weight is 612 g/mol. The molecule has 0 aromatic rings. The zero-order valence-corrected chi connectivity index (χ0v) is 28.4. The lowest BCUT2D eigenvalue weighted by Gasteiger charge is -2.15. The number of carboxylic acid groups (broad SMARTS) is 1. The van der Waals surface area contributed by atoms with E-state index >= 15 is 0 Å². The van der Waals surface area contributed by atoms with Crippen LogP contribution >= 0.6 is 0 Å². The monoisotopic (exact) mass is 612 g/mol. The number of nitrogens with zero attached hydrogens (tertiary/aromatic N) is 1. The molecule has 0 amide bonds. The van der Waals surface area contributed by atoms with Crippen LogP contribution in [0.25, 0.3) is 0 Å². The topological polar surface area (TPSA) is 93.1 Å². The van der Waals surface area contributed by atoms with Gasteiger partial charge in [-0.2, -0.15) is 0 Å². The molecule has 0 saturated carbocycles. The Hall–Kier alpha value is -1.63. The molecule has 0 aliphatic carbocycles. The SMILES string of the molecule is CC(=O)OCCN(C)CCCCCCCCCCCOC(=O)CCCCCCCCCCCCCCCCCCC(=O)O. The quantitative estimate of drug-likeness (QED) is 0.0572. The molecule has 7 heteroatoms. The van der Waals surface area contributed by atoms with Crippen molar-refractivity contribution >= 4 is 17.9 Å². The molecule has 0 aromatic heterocycles. The van der Waals surface area contributed by atoms with Gasteiger partial charge in [0.1, 0.15) is 6.61 Å². The van der Waals surface area contributed by atoms with Crippen LogP contribution in [-0.2, 0) is 23.9 Å². The van der Waals surface area contributed by atoms with Gasteiger partial charge in [0.25, 0.3) is 0 Å². The molecule has 0 unspecified atom stereocenters. The van der Waals surface area contributed by atoms with Crippen LogP contribution in [0.1, 0.15) is 180 Å². The fourth-order valence-electron chi connectivity index (χ4n) is 5.46. The second-order valence-corrected chi connectivity index (χ2v) is 12.6. The number of ether oxygens (including phenoxy) is 2. The minimum atomic E-state index is -0.670. The van der Waals surface area contributed by atoms with Crippen molar-refractivity contribution in [3.05, 3.63) is 0 Å². The van der Waals surface area contributed by atoms with Crippen LogP contribution in [0.2, 0.25) is 0 Å². The fourth-order valence-corrected chi connectivity index (χ4v) is 5.46. The van der Waals surface area contributed by atoms with Crippen molar-refractivity contribution < 1.29 is 29.0 Å². The van der Waals surface area contributed by atoms with Crippen molar-refractivity contribution in [2.45, 2.75) is 180 Å². The number of carboxylic acids is 1. The Bertz CT molecular complexity index is 641. The van der Waals surface area contributed by atoms with Crippen LogP contribution in [0, 0.1) is 0 Å². The molecular formula is C36H69NO6. The third-order valence-electron chi connectivity index (χ3n) is 8.25. The lowest BCUT2D eigenvalue weighted by Crippen LogP contribution is -2.25. The molecule has 0 saturated heterocycles. The zero-order chi connectivity index (χ0) is 31.6. The van der Waals surface area contributed by atoms with Crippen molar-refractivity contribution in [2.24, 2.45) is 0 Å². The van der Waals surface area contributed by atoms with E-state index in [1.807, 2.05) is 0 Å². The first kappa shape index (κ1) is 41.4. The van der Waals surface area contributed by atoms with E-state index in [1.165, 1.54) is 129 Å². The highest BCUT2D eigenvalue weighted by Gasteiger charge is 2.03. The number of carbonyl (C=O) groups is 3. The molecule has 7 nitrogen and oxygen atoms in total. The summed E-state index contributed by atoms with van der Waals surface area (Å²) < 4.78 is 10.4. The summed E-state index contributed by atoms with van der Waals surface area (Å²) in [4.78, 5) is 35.4.